The summed E-state index contributed by atoms with van der Waals surface area (Å²) in [6.45, 7) is 7.58. The number of nitrogens with zero attached hydrogens (tertiary/aromatic N) is 2. The number of nitrogens with one attached hydrogen (secondary N) is 2. The van der Waals surface area contributed by atoms with E-state index in [-0.39, 0.29) is 6.04 Å². The lowest BCUT2D eigenvalue weighted by atomic mass is 10.2. The Morgan fingerprint density at radius 2 is 1.83 bits per heavy atom. The van der Waals surface area contributed by atoms with E-state index in [1.165, 1.54) is 10.5 Å². The second kappa shape index (κ2) is 8.95. The van der Waals surface area contributed by atoms with Gasteiger partial charge in [0, 0.05) is 16.1 Å². The van der Waals surface area contributed by atoms with E-state index in [0.29, 0.717) is 11.8 Å². The lowest BCUT2D eigenvalue weighted by molar-refractivity contribution is -1.03. The predicted octanol–water partition coefficient (Wildman–Crippen LogP) is 1.44. The van der Waals surface area contributed by atoms with Crippen molar-refractivity contribution in [1.29, 1.82) is 0 Å². The van der Waals surface area contributed by atoms with E-state index in [1.54, 1.807) is 12.0 Å². The van der Waals surface area contributed by atoms with E-state index in [2.05, 4.69) is 29.3 Å². The Balaban J connectivity index is 1.34. The second-order valence-electron chi connectivity index (χ2n) is 7.61. The van der Waals surface area contributed by atoms with Gasteiger partial charge in [-0.25, -0.2) is 0 Å². The molecule has 0 unspecified atom stereocenters. The summed E-state index contributed by atoms with van der Waals surface area (Å²) in [6, 6.07) is 16.0. The van der Waals surface area contributed by atoms with Crippen LogP contribution in [0.3, 0.4) is 0 Å². The molecule has 2 aromatic carbocycles. The van der Waals surface area contributed by atoms with Crippen molar-refractivity contribution in [3.63, 3.8) is 0 Å². The minimum absolute atomic E-state index is 0.183. The molecule has 29 heavy (non-hydrogen) atoms. The Kier molecular flexibility index (Phi) is 6.13. The number of ether oxygens (including phenoxy) is 1. The van der Waals surface area contributed by atoms with Crippen molar-refractivity contribution in [3.8, 4) is 17.2 Å². The zero-order chi connectivity index (χ0) is 20.2. The molecule has 152 valence electrons. The second-order valence-corrected chi connectivity index (χ2v) is 8.05. The molecule has 0 aliphatic carbocycles. The fourth-order valence-corrected chi connectivity index (χ4v) is 4.12. The first-order chi connectivity index (χ1) is 14.1. The highest BCUT2D eigenvalue weighted by atomic mass is 35.5. The number of quaternary nitrogens is 2. The highest BCUT2D eigenvalue weighted by molar-refractivity contribution is 6.30. The highest BCUT2D eigenvalue weighted by Crippen LogP contribution is 2.22. The fourth-order valence-electron chi connectivity index (χ4n) is 3.90. The van der Waals surface area contributed by atoms with Gasteiger partial charge < -0.3 is 19.0 Å². The molecule has 1 saturated heterocycles. The number of rotatable bonds is 6. The smallest absolute Gasteiger partial charge is 0.274 e. The third-order valence-electron chi connectivity index (χ3n) is 5.70. The molecular weight excluding hydrogens is 388 g/mol. The van der Waals surface area contributed by atoms with Crippen LogP contribution in [-0.4, -0.2) is 43.5 Å². The van der Waals surface area contributed by atoms with Crippen LogP contribution in [0.25, 0.3) is 11.5 Å². The van der Waals surface area contributed by atoms with Gasteiger partial charge in [0.05, 0.1) is 7.11 Å². The first kappa shape index (κ1) is 19.9. The Bertz CT molecular complexity index is 936. The van der Waals surface area contributed by atoms with Gasteiger partial charge >= 0.3 is 0 Å². The van der Waals surface area contributed by atoms with Crippen LogP contribution in [0.5, 0.6) is 5.75 Å². The SMILES string of the molecule is COc1ccc(-c2nnc([C@H](C)[NH+]3CC[NH+](Cc4cccc(Cl)c4)CC3)o2)cc1. The topological polar surface area (TPSA) is 57.0 Å². The van der Waals surface area contributed by atoms with Gasteiger partial charge in [0.1, 0.15) is 38.5 Å². The van der Waals surface area contributed by atoms with E-state index >= 15 is 0 Å². The van der Waals surface area contributed by atoms with Crippen molar-refractivity contribution >= 4 is 11.6 Å². The van der Waals surface area contributed by atoms with Crippen molar-refractivity contribution in [2.75, 3.05) is 33.3 Å². The van der Waals surface area contributed by atoms with Gasteiger partial charge in [0.25, 0.3) is 5.89 Å². The quantitative estimate of drug-likeness (QED) is 0.641. The number of benzene rings is 2. The molecule has 2 N–H and O–H groups in total. The van der Waals surface area contributed by atoms with Crippen LogP contribution < -0.4 is 14.5 Å². The predicted molar refractivity (Wildman–Crippen MR) is 111 cm³/mol. The normalized spacial score (nSPS) is 20.4. The average molecular weight is 415 g/mol. The molecule has 1 atom stereocenters. The molecule has 4 rings (SSSR count). The van der Waals surface area contributed by atoms with Crippen molar-refractivity contribution < 1.29 is 19.0 Å². The van der Waals surface area contributed by atoms with E-state index in [9.17, 15) is 0 Å². The van der Waals surface area contributed by atoms with Crippen LogP contribution in [0.15, 0.2) is 52.9 Å². The van der Waals surface area contributed by atoms with Crippen LogP contribution in [0, 0.1) is 0 Å². The Hall–Kier alpha value is -2.41. The van der Waals surface area contributed by atoms with Gasteiger partial charge in [-0.3, -0.25) is 0 Å². The Morgan fingerprint density at radius 3 is 2.52 bits per heavy atom. The summed E-state index contributed by atoms with van der Waals surface area (Å²) in [5, 5.41) is 9.37. The number of piperazine rings is 1. The maximum Gasteiger partial charge on any atom is 0.274 e. The summed E-state index contributed by atoms with van der Waals surface area (Å²) in [7, 11) is 1.65. The first-order valence-electron chi connectivity index (χ1n) is 10.0. The summed E-state index contributed by atoms with van der Waals surface area (Å²) in [5.74, 6) is 2.06. The summed E-state index contributed by atoms with van der Waals surface area (Å²) in [6.07, 6.45) is 0. The van der Waals surface area contributed by atoms with Crippen molar-refractivity contribution in [1.82, 2.24) is 10.2 Å². The van der Waals surface area contributed by atoms with Gasteiger partial charge in [-0.2, -0.15) is 0 Å². The standard InChI is InChI=1S/C22H25ClN4O2/c1-16(21-24-25-22(29-21)18-6-8-20(28-2)9-7-18)27-12-10-26(11-13-27)15-17-4-3-5-19(23)14-17/h3-9,14,16H,10-13,15H2,1-2H3/p+2/t16-/m0/s1. The van der Waals surface area contributed by atoms with E-state index in [4.69, 9.17) is 20.8 Å². The molecule has 0 spiro atoms. The van der Waals surface area contributed by atoms with Crippen LogP contribution in [0.1, 0.15) is 24.4 Å². The molecule has 1 aliphatic rings. The molecule has 0 radical (unpaired) electrons. The largest absolute Gasteiger partial charge is 0.497 e. The molecule has 6 nitrogen and oxygen atoms in total. The third kappa shape index (κ3) is 4.78. The molecule has 3 aromatic rings. The van der Waals surface area contributed by atoms with Gasteiger partial charge in [-0.1, -0.05) is 23.7 Å². The monoisotopic (exact) mass is 414 g/mol. The number of hydrogen-bond acceptors (Lipinski definition) is 4. The summed E-state index contributed by atoms with van der Waals surface area (Å²) in [4.78, 5) is 3.08. The lowest BCUT2D eigenvalue weighted by Gasteiger charge is -2.32. The maximum atomic E-state index is 6.11. The maximum absolute atomic E-state index is 6.11. The Morgan fingerprint density at radius 1 is 1.07 bits per heavy atom. The fraction of sp³-hybridized carbons (Fsp3) is 0.364. The molecule has 0 amide bonds. The summed E-state index contributed by atoms with van der Waals surface area (Å²) < 4.78 is 11.2. The highest BCUT2D eigenvalue weighted by Gasteiger charge is 2.31. The van der Waals surface area contributed by atoms with Crippen LogP contribution in [0.2, 0.25) is 5.02 Å². The Labute approximate surface area is 176 Å². The minimum Gasteiger partial charge on any atom is -0.497 e. The first-order valence-corrected chi connectivity index (χ1v) is 10.4. The van der Waals surface area contributed by atoms with Crippen molar-refractivity contribution in [2.45, 2.75) is 19.5 Å². The summed E-state index contributed by atoms with van der Waals surface area (Å²) in [5.41, 5.74) is 2.20. The molecule has 7 heteroatoms. The van der Waals surface area contributed by atoms with E-state index < -0.39 is 0 Å². The number of aromatic nitrogens is 2. The third-order valence-corrected chi connectivity index (χ3v) is 5.94. The minimum atomic E-state index is 0.183. The van der Waals surface area contributed by atoms with Crippen molar-refractivity contribution in [2.24, 2.45) is 0 Å². The molecule has 1 aliphatic heterocycles. The zero-order valence-electron chi connectivity index (χ0n) is 16.8. The van der Waals surface area contributed by atoms with Gasteiger partial charge in [-0.15, -0.1) is 10.2 Å². The van der Waals surface area contributed by atoms with Gasteiger partial charge in [-0.05, 0) is 43.3 Å². The summed E-state index contributed by atoms with van der Waals surface area (Å²) >= 11 is 6.11. The molecule has 1 fully saturated rings. The molecular formula is C22H27ClN4O2+2. The number of halogens is 1. The van der Waals surface area contributed by atoms with Crippen LogP contribution in [-0.2, 0) is 6.54 Å². The van der Waals surface area contributed by atoms with E-state index in [1.807, 2.05) is 36.4 Å². The number of methoxy groups -OCH3 is 1. The van der Waals surface area contributed by atoms with Crippen LogP contribution in [0.4, 0.5) is 0 Å². The van der Waals surface area contributed by atoms with Gasteiger partial charge in [0.15, 0.2) is 6.04 Å². The van der Waals surface area contributed by atoms with Gasteiger partial charge in [0.2, 0.25) is 5.89 Å². The number of hydrogen-bond donors (Lipinski definition) is 2. The molecule has 2 heterocycles. The molecule has 0 bridgehead atoms. The average Bonchev–Trinajstić information content (AvgIpc) is 3.24. The van der Waals surface area contributed by atoms with Crippen LogP contribution >= 0.6 is 11.6 Å². The molecule has 0 saturated carbocycles. The van der Waals surface area contributed by atoms with E-state index in [0.717, 1.165) is 49.1 Å². The zero-order valence-corrected chi connectivity index (χ0v) is 17.6. The molecule has 1 aromatic heterocycles. The lowest BCUT2D eigenvalue weighted by Crippen LogP contribution is -3.27. The van der Waals surface area contributed by atoms with Crippen molar-refractivity contribution in [3.05, 3.63) is 65.0 Å².